The maximum Gasteiger partial charge on any atom is 0.248 e. The molecule has 0 aliphatic carbocycles. The topological polar surface area (TPSA) is 465 Å². The van der Waals surface area contributed by atoms with Crippen LogP contribution in [0.1, 0.15) is 209 Å². The van der Waals surface area contributed by atoms with Gasteiger partial charge in [-0.2, -0.15) is 0 Å². The van der Waals surface area contributed by atoms with E-state index in [9.17, 15) is 82.1 Å². The van der Waals surface area contributed by atoms with Crippen molar-refractivity contribution in [2.24, 2.45) is 29.4 Å². The SMILES string of the molecule is CC[C@H](C)[C@H](NC(=O)[C@H](CO)NC(=O)[C@@H]1CCCN1C(=O)C(C)(C)NC(=O)[C@H](CC(C)C)NC(=O)[C@H](CC(N)=O)NC(=O)C(C)(C)NC(C)=O)C(=O)NC(C)(C)C(=O)N1CCC[C@H]1C(=O)N[C@](C)(CC)C(=O)N[C@@H](CC(C)C)C(=O)NC(C)(C)C(=O)N1CCC[C@H]1C(=O)N[C@H](CO)CC(C)C. The summed E-state index contributed by atoms with van der Waals surface area (Å²) in [6.07, 6.45) is 2.28. The summed E-state index contributed by atoms with van der Waals surface area (Å²) in [5, 5.41) is 49.6. The minimum absolute atomic E-state index is 0.0222. The molecule has 3 aliphatic rings. The Balaban J connectivity index is 1.74. The normalized spacial score (nSPS) is 19.2. The molecule has 3 rings (SSSR count). The first-order chi connectivity index (χ1) is 46.6. The molecular formula is C69H119N15O17. The zero-order valence-corrected chi connectivity index (χ0v) is 63.0. The average Bonchev–Trinajstić information content (AvgIpc) is 1.78. The summed E-state index contributed by atoms with van der Waals surface area (Å²) in [7, 11) is 0. The van der Waals surface area contributed by atoms with E-state index >= 15 is 0 Å². The van der Waals surface area contributed by atoms with Gasteiger partial charge in [0.1, 0.15) is 76.0 Å². The number of carbonyl (C=O) groups is 15. The third-order valence-corrected chi connectivity index (χ3v) is 18.7. The van der Waals surface area contributed by atoms with E-state index < -0.39 is 190 Å². The number of aliphatic hydroxyl groups is 2. The van der Waals surface area contributed by atoms with Crippen molar-refractivity contribution in [2.45, 2.75) is 291 Å². The van der Waals surface area contributed by atoms with Crippen LogP contribution in [0.3, 0.4) is 0 Å². The lowest BCUT2D eigenvalue weighted by Gasteiger charge is -2.37. The number of nitrogens with two attached hydrogens (primary N) is 1. The Kier molecular flexibility index (Phi) is 32.1. The van der Waals surface area contributed by atoms with Crippen LogP contribution in [0, 0.1) is 23.7 Å². The van der Waals surface area contributed by atoms with Crippen molar-refractivity contribution in [1.82, 2.24) is 73.2 Å². The van der Waals surface area contributed by atoms with Gasteiger partial charge in [-0.25, -0.2) is 0 Å². The van der Waals surface area contributed by atoms with Gasteiger partial charge in [0.2, 0.25) is 88.6 Å². The fourth-order valence-electron chi connectivity index (χ4n) is 12.6. The number of carbonyl (C=O) groups excluding carboxylic acids is 15. The van der Waals surface area contributed by atoms with E-state index in [1.54, 1.807) is 34.6 Å². The molecule has 15 N–H and O–H groups in total. The van der Waals surface area contributed by atoms with Gasteiger partial charge in [-0.15, -0.1) is 0 Å². The van der Waals surface area contributed by atoms with Crippen molar-refractivity contribution in [3.63, 3.8) is 0 Å². The summed E-state index contributed by atoms with van der Waals surface area (Å²) in [5.74, 6) is -11.9. The zero-order chi connectivity index (χ0) is 77.2. The van der Waals surface area contributed by atoms with Gasteiger partial charge < -0.3 is 89.1 Å². The molecule has 0 unspecified atom stereocenters. The minimum Gasteiger partial charge on any atom is -0.394 e. The molecule has 0 bridgehead atoms. The molecule has 15 amide bonds. The van der Waals surface area contributed by atoms with Gasteiger partial charge in [-0.3, -0.25) is 71.9 Å². The molecule has 3 heterocycles. The molecule has 101 heavy (non-hydrogen) atoms. The Morgan fingerprint density at radius 3 is 1.22 bits per heavy atom. The predicted molar refractivity (Wildman–Crippen MR) is 373 cm³/mol. The highest BCUT2D eigenvalue weighted by Crippen LogP contribution is 2.27. The van der Waals surface area contributed by atoms with Crippen LogP contribution in [0.2, 0.25) is 0 Å². The van der Waals surface area contributed by atoms with Crippen LogP contribution in [0.15, 0.2) is 0 Å². The Morgan fingerprint density at radius 1 is 0.436 bits per heavy atom. The van der Waals surface area contributed by atoms with Crippen molar-refractivity contribution in [2.75, 3.05) is 32.8 Å². The van der Waals surface area contributed by atoms with Crippen molar-refractivity contribution >= 4 is 88.6 Å². The molecule has 3 saturated heterocycles. The number of rotatable bonds is 37. The number of likely N-dealkylation sites (tertiary alicyclic amines) is 3. The van der Waals surface area contributed by atoms with Gasteiger partial charge in [0, 0.05) is 26.6 Å². The Hall–Kier alpha value is -8.03. The zero-order valence-electron chi connectivity index (χ0n) is 63.0. The van der Waals surface area contributed by atoms with Crippen molar-refractivity contribution in [3.8, 4) is 0 Å². The quantitative estimate of drug-likeness (QED) is 0.0347. The average molecular weight is 1430 g/mol. The maximum absolute atomic E-state index is 14.6. The number of nitrogens with one attached hydrogen (secondary N) is 11. The van der Waals surface area contributed by atoms with Gasteiger partial charge in [-0.05, 0) is 150 Å². The van der Waals surface area contributed by atoms with Crippen LogP contribution in [0.5, 0.6) is 0 Å². The first kappa shape index (κ1) is 87.2. The predicted octanol–water partition coefficient (Wildman–Crippen LogP) is -1.20. The molecule has 572 valence electrons. The highest BCUT2D eigenvalue weighted by Gasteiger charge is 2.49. The monoisotopic (exact) mass is 1430 g/mol. The summed E-state index contributed by atoms with van der Waals surface area (Å²) in [4.78, 5) is 211. The molecule has 3 fully saturated rings. The highest BCUT2D eigenvalue weighted by atomic mass is 16.3. The second kappa shape index (κ2) is 37.2. The van der Waals surface area contributed by atoms with Crippen LogP contribution in [-0.2, 0) is 71.9 Å². The molecule has 32 nitrogen and oxygen atoms in total. The third-order valence-electron chi connectivity index (χ3n) is 18.7. The molecule has 32 heteroatoms. The molecular weight excluding hydrogens is 1310 g/mol. The third kappa shape index (κ3) is 24.6. The second-order valence-corrected chi connectivity index (χ2v) is 31.0. The fourth-order valence-corrected chi connectivity index (χ4v) is 12.6. The lowest BCUT2D eigenvalue weighted by Crippen LogP contribution is -2.66. The fraction of sp³-hybridized carbons (Fsp3) is 0.783. The molecule has 11 atom stereocenters. The molecule has 0 radical (unpaired) electrons. The van der Waals surface area contributed by atoms with Crippen molar-refractivity contribution in [3.05, 3.63) is 0 Å². The molecule has 0 aromatic rings. The lowest BCUT2D eigenvalue weighted by atomic mass is 9.94. The number of hydrogen-bond acceptors (Lipinski definition) is 17. The van der Waals surface area contributed by atoms with Gasteiger partial charge in [-0.1, -0.05) is 68.7 Å². The van der Waals surface area contributed by atoms with Crippen LogP contribution in [-0.4, -0.2) is 228 Å². The molecule has 0 aromatic heterocycles. The van der Waals surface area contributed by atoms with Crippen molar-refractivity contribution in [1.29, 1.82) is 0 Å². The van der Waals surface area contributed by atoms with E-state index in [-0.39, 0.29) is 76.1 Å². The number of nitrogens with zero attached hydrogens (tertiary/aromatic N) is 3. The van der Waals surface area contributed by atoms with E-state index in [0.29, 0.717) is 38.5 Å². The smallest absolute Gasteiger partial charge is 0.248 e. The summed E-state index contributed by atoms with van der Waals surface area (Å²) in [6.45, 7) is 29.4. The Morgan fingerprint density at radius 2 is 0.832 bits per heavy atom. The van der Waals surface area contributed by atoms with E-state index in [2.05, 4.69) is 58.5 Å². The molecule has 3 aliphatic heterocycles. The number of primary amides is 1. The van der Waals surface area contributed by atoms with Crippen LogP contribution in [0.4, 0.5) is 0 Å². The summed E-state index contributed by atoms with van der Waals surface area (Å²) >= 11 is 0. The standard InChI is InChI=1S/C69H119N15O17/c1-20-40(9)51(76-53(90)46(36-86)73-57(94)48-26-23-29-83(48)63(100)66(13,14)78-54(91)43(32-38(5)6)72-52(89)45(34-50(70)88)74-60(97)65(11,12)77-41(10)87)59(96)80-68(17,18)64(101)84-30-24-27-49(84)58(95)81-69(19,21-2)61(98)75-44(33-39(7)8)55(92)79-67(15,16)62(99)82-28-22-25-47(82)56(93)71-42(35-85)31-37(3)4/h37-40,42-49,51,85-86H,20-36H2,1-19H3,(H2,70,88)(H,71,93)(H,72,89)(H,73,94)(H,74,97)(H,75,98)(H,76,90)(H,77,87)(H,78,91)(H,79,92)(H,80,96)(H,81,95)/t40-,42-,43-,44-,45-,46-,47-,48-,49-,51-,69+/m0/s1. The summed E-state index contributed by atoms with van der Waals surface area (Å²) in [5.41, 5.74) is -2.75. The van der Waals surface area contributed by atoms with Gasteiger partial charge >= 0.3 is 0 Å². The van der Waals surface area contributed by atoms with E-state index in [1.807, 2.05) is 27.7 Å². The maximum atomic E-state index is 14.6. The van der Waals surface area contributed by atoms with Crippen molar-refractivity contribution < 1.29 is 82.1 Å². The number of hydrogen-bond donors (Lipinski definition) is 14. The molecule has 0 aromatic carbocycles. The second-order valence-electron chi connectivity index (χ2n) is 31.0. The largest absolute Gasteiger partial charge is 0.394 e. The van der Waals surface area contributed by atoms with Gasteiger partial charge in [0.25, 0.3) is 0 Å². The summed E-state index contributed by atoms with van der Waals surface area (Å²) < 4.78 is 0. The van der Waals surface area contributed by atoms with Crippen LogP contribution < -0.4 is 64.2 Å². The van der Waals surface area contributed by atoms with Crippen LogP contribution >= 0.6 is 0 Å². The van der Waals surface area contributed by atoms with E-state index in [4.69, 9.17) is 5.73 Å². The van der Waals surface area contributed by atoms with E-state index in [0.717, 1.165) is 0 Å². The summed E-state index contributed by atoms with van der Waals surface area (Å²) in [6, 6.07) is -10.8. The van der Waals surface area contributed by atoms with Gasteiger partial charge in [0.05, 0.1) is 25.7 Å². The Labute approximate surface area is 594 Å². The number of aliphatic hydroxyl groups excluding tert-OH is 2. The molecule has 0 spiro atoms. The highest BCUT2D eigenvalue weighted by molar-refractivity contribution is 6.03. The minimum atomic E-state index is -1.74. The van der Waals surface area contributed by atoms with E-state index in [1.165, 1.54) is 83.9 Å². The lowest BCUT2D eigenvalue weighted by molar-refractivity contribution is -0.147. The Bertz CT molecular complexity index is 3030. The first-order valence-corrected chi connectivity index (χ1v) is 35.5. The van der Waals surface area contributed by atoms with Gasteiger partial charge in [0.15, 0.2) is 0 Å². The van der Waals surface area contributed by atoms with Crippen LogP contribution in [0.25, 0.3) is 0 Å². The number of amides is 15. The first-order valence-electron chi connectivity index (χ1n) is 35.5. The molecule has 0 saturated carbocycles.